The lowest BCUT2D eigenvalue weighted by Gasteiger charge is -2.32. The molecule has 1 amide bonds. The number of carbonyl (C=O) groups excluding carboxylic acids is 1. The first-order valence-corrected chi connectivity index (χ1v) is 9.80. The normalized spacial score (nSPS) is 19.4. The number of aryl methyl sites for hydroxylation is 1. The van der Waals surface area contributed by atoms with Crippen molar-refractivity contribution in [1.82, 2.24) is 9.47 Å². The van der Waals surface area contributed by atoms with Gasteiger partial charge in [-0.25, -0.2) is 13.6 Å². The second-order valence-corrected chi connectivity index (χ2v) is 8.50. The highest BCUT2D eigenvalue weighted by atomic mass is 32.2. The molecule has 0 bridgehead atoms. The van der Waals surface area contributed by atoms with E-state index in [9.17, 15) is 13.2 Å². The number of nitrogens with two attached hydrogens (primary N) is 1. The van der Waals surface area contributed by atoms with E-state index in [-0.39, 0.29) is 17.6 Å². The van der Waals surface area contributed by atoms with Crippen molar-refractivity contribution in [2.24, 2.45) is 11.1 Å². The summed E-state index contributed by atoms with van der Waals surface area (Å²) in [5, 5.41) is 5.15. The predicted octanol–water partition coefficient (Wildman–Crippen LogP) is 1.83. The van der Waals surface area contributed by atoms with E-state index in [4.69, 9.17) is 5.14 Å². The third-order valence-electron chi connectivity index (χ3n) is 4.51. The van der Waals surface area contributed by atoms with Gasteiger partial charge in [-0.05, 0) is 52.5 Å². The fourth-order valence-corrected chi connectivity index (χ4v) is 4.60. The van der Waals surface area contributed by atoms with Crippen LogP contribution in [0.3, 0.4) is 0 Å². The molecule has 1 saturated heterocycles. The Morgan fingerprint density at radius 2 is 2.04 bits per heavy atom. The van der Waals surface area contributed by atoms with Crippen molar-refractivity contribution in [2.75, 3.05) is 18.8 Å². The summed E-state index contributed by atoms with van der Waals surface area (Å²) in [7, 11) is -3.50. The number of nitrogens with zero attached hydrogens (tertiary/aromatic N) is 2. The molecular formula is C16H27N3O3S. The van der Waals surface area contributed by atoms with Crippen LogP contribution in [-0.2, 0) is 10.0 Å². The van der Waals surface area contributed by atoms with E-state index in [2.05, 4.69) is 18.4 Å². The molecule has 0 radical (unpaired) electrons. The van der Waals surface area contributed by atoms with Gasteiger partial charge in [-0.2, -0.15) is 0 Å². The number of hydrogen-bond donors (Lipinski definition) is 1. The van der Waals surface area contributed by atoms with Gasteiger partial charge in [0.1, 0.15) is 0 Å². The monoisotopic (exact) mass is 341 g/mol. The zero-order valence-corrected chi connectivity index (χ0v) is 15.2. The number of hydrogen-bond acceptors (Lipinski definition) is 3. The van der Waals surface area contributed by atoms with Crippen LogP contribution in [0.2, 0.25) is 0 Å². The number of carbonyl (C=O) groups is 1. The smallest absolute Gasteiger partial charge is 0.255 e. The van der Waals surface area contributed by atoms with Gasteiger partial charge < -0.3 is 9.47 Å². The van der Waals surface area contributed by atoms with E-state index in [1.54, 1.807) is 4.90 Å². The van der Waals surface area contributed by atoms with Crippen LogP contribution >= 0.6 is 0 Å². The van der Waals surface area contributed by atoms with E-state index in [0.717, 1.165) is 24.2 Å². The van der Waals surface area contributed by atoms with Crippen molar-refractivity contribution < 1.29 is 13.2 Å². The Labute approximate surface area is 138 Å². The molecule has 1 fully saturated rings. The van der Waals surface area contributed by atoms with Crippen LogP contribution in [0.5, 0.6) is 0 Å². The van der Waals surface area contributed by atoms with Gasteiger partial charge in [0.2, 0.25) is 10.0 Å². The molecule has 2 heterocycles. The van der Waals surface area contributed by atoms with E-state index >= 15 is 0 Å². The van der Waals surface area contributed by atoms with Gasteiger partial charge in [0.25, 0.3) is 5.91 Å². The highest BCUT2D eigenvalue weighted by Gasteiger charge is 2.28. The summed E-state index contributed by atoms with van der Waals surface area (Å²) in [6.07, 6.45) is 1.61. The molecule has 1 aliphatic heterocycles. The molecule has 2 N–H and O–H groups in total. The highest BCUT2D eigenvalue weighted by Crippen LogP contribution is 2.24. The Bertz CT molecular complexity index is 692. The van der Waals surface area contributed by atoms with Crippen molar-refractivity contribution in [2.45, 2.75) is 46.6 Å². The lowest BCUT2D eigenvalue weighted by atomic mass is 9.99. The molecule has 0 aliphatic carbocycles. The van der Waals surface area contributed by atoms with Gasteiger partial charge in [-0.3, -0.25) is 4.79 Å². The molecule has 130 valence electrons. The van der Waals surface area contributed by atoms with Crippen molar-refractivity contribution in [1.29, 1.82) is 0 Å². The van der Waals surface area contributed by atoms with Crippen molar-refractivity contribution >= 4 is 15.9 Å². The Balaban J connectivity index is 2.19. The third-order valence-corrected chi connectivity index (χ3v) is 5.44. The Kier molecular flexibility index (Phi) is 5.20. The molecular weight excluding hydrogens is 314 g/mol. The Morgan fingerprint density at radius 1 is 1.39 bits per heavy atom. The zero-order chi connectivity index (χ0) is 17.4. The summed E-state index contributed by atoms with van der Waals surface area (Å²) in [6.45, 7) is 9.29. The SMILES string of the molecule is Cc1cc(C(=O)N2CCC[C@@H](CS(N)(=O)=O)C2)c(C)n1C(C)C. The summed E-state index contributed by atoms with van der Waals surface area (Å²) in [4.78, 5) is 14.6. The van der Waals surface area contributed by atoms with Crippen molar-refractivity contribution in [3.05, 3.63) is 23.0 Å². The highest BCUT2D eigenvalue weighted by molar-refractivity contribution is 7.89. The summed E-state index contributed by atoms with van der Waals surface area (Å²) < 4.78 is 24.7. The first kappa shape index (κ1) is 18.0. The van der Waals surface area contributed by atoms with Crippen LogP contribution in [0, 0.1) is 19.8 Å². The number of amides is 1. The van der Waals surface area contributed by atoms with Crippen LogP contribution in [-0.4, -0.2) is 42.6 Å². The van der Waals surface area contributed by atoms with Gasteiger partial charge in [0, 0.05) is 30.5 Å². The molecule has 0 unspecified atom stereocenters. The van der Waals surface area contributed by atoms with E-state index in [1.165, 1.54) is 0 Å². The van der Waals surface area contributed by atoms with E-state index in [0.29, 0.717) is 24.7 Å². The first-order chi connectivity index (χ1) is 10.6. The van der Waals surface area contributed by atoms with Gasteiger partial charge in [0.15, 0.2) is 0 Å². The Hall–Kier alpha value is -1.34. The largest absolute Gasteiger partial charge is 0.346 e. The molecule has 1 aromatic heterocycles. The summed E-state index contributed by atoms with van der Waals surface area (Å²) in [5.41, 5.74) is 2.75. The standard InChI is InChI=1S/C16H27N3O3S/c1-11(2)19-12(3)8-15(13(19)4)16(20)18-7-5-6-14(9-18)10-23(17,21)22/h8,11,14H,5-7,9-10H2,1-4H3,(H2,17,21,22)/t14-/m1/s1. The lowest BCUT2D eigenvalue weighted by Crippen LogP contribution is -2.42. The van der Waals surface area contributed by atoms with Crippen LogP contribution in [0.15, 0.2) is 6.07 Å². The molecule has 7 heteroatoms. The van der Waals surface area contributed by atoms with Crippen LogP contribution in [0.1, 0.15) is 54.5 Å². The number of rotatable bonds is 4. The Morgan fingerprint density at radius 3 is 2.57 bits per heavy atom. The number of primary sulfonamides is 1. The molecule has 23 heavy (non-hydrogen) atoms. The number of sulfonamides is 1. The number of likely N-dealkylation sites (tertiary alicyclic amines) is 1. The first-order valence-electron chi connectivity index (χ1n) is 8.08. The fraction of sp³-hybridized carbons (Fsp3) is 0.688. The maximum atomic E-state index is 12.9. The molecule has 0 spiro atoms. The average molecular weight is 341 g/mol. The zero-order valence-electron chi connectivity index (χ0n) is 14.4. The molecule has 1 aliphatic rings. The van der Waals surface area contributed by atoms with Crippen molar-refractivity contribution in [3.63, 3.8) is 0 Å². The fourth-order valence-electron chi connectivity index (χ4n) is 3.67. The lowest BCUT2D eigenvalue weighted by molar-refractivity contribution is 0.0683. The molecule has 2 rings (SSSR count). The van der Waals surface area contributed by atoms with Crippen molar-refractivity contribution in [3.8, 4) is 0 Å². The summed E-state index contributed by atoms with van der Waals surface area (Å²) in [6, 6.07) is 2.23. The van der Waals surface area contributed by atoms with Gasteiger partial charge in [-0.15, -0.1) is 0 Å². The summed E-state index contributed by atoms with van der Waals surface area (Å²) in [5.74, 6) is -0.137. The third kappa shape index (κ3) is 4.14. The van der Waals surface area contributed by atoms with Crippen LogP contribution in [0.25, 0.3) is 0 Å². The molecule has 0 saturated carbocycles. The second kappa shape index (κ2) is 6.65. The van der Waals surface area contributed by atoms with Crippen LogP contribution in [0.4, 0.5) is 0 Å². The van der Waals surface area contributed by atoms with Crippen LogP contribution < -0.4 is 5.14 Å². The molecule has 6 nitrogen and oxygen atoms in total. The number of aromatic nitrogens is 1. The summed E-state index contributed by atoms with van der Waals surface area (Å²) >= 11 is 0. The second-order valence-electron chi connectivity index (χ2n) is 6.84. The topological polar surface area (TPSA) is 85.4 Å². The van der Waals surface area contributed by atoms with E-state index < -0.39 is 10.0 Å². The minimum atomic E-state index is -3.50. The quantitative estimate of drug-likeness (QED) is 0.906. The molecule has 1 aromatic rings. The maximum Gasteiger partial charge on any atom is 0.255 e. The van der Waals surface area contributed by atoms with Gasteiger partial charge >= 0.3 is 0 Å². The minimum absolute atomic E-state index is 0.0101. The van der Waals surface area contributed by atoms with Gasteiger partial charge in [-0.1, -0.05) is 0 Å². The average Bonchev–Trinajstić information content (AvgIpc) is 2.71. The minimum Gasteiger partial charge on any atom is -0.346 e. The molecule has 1 atom stereocenters. The maximum absolute atomic E-state index is 12.9. The number of piperidine rings is 1. The predicted molar refractivity (Wildman–Crippen MR) is 90.9 cm³/mol. The van der Waals surface area contributed by atoms with E-state index in [1.807, 2.05) is 19.9 Å². The van der Waals surface area contributed by atoms with Gasteiger partial charge in [0.05, 0.1) is 11.3 Å². The molecule has 0 aromatic carbocycles.